The fourth-order valence-electron chi connectivity index (χ4n) is 1.90. The van der Waals surface area contributed by atoms with Crippen molar-refractivity contribution in [3.63, 3.8) is 0 Å². The van der Waals surface area contributed by atoms with Gasteiger partial charge in [-0.05, 0) is 32.9 Å². The van der Waals surface area contributed by atoms with E-state index in [0.717, 1.165) is 31.0 Å². The number of hydrogen-bond acceptors (Lipinski definition) is 3. The van der Waals surface area contributed by atoms with Crippen molar-refractivity contribution >= 4 is 0 Å². The van der Waals surface area contributed by atoms with Gasteiger partial charge in [0.2, 0.25) is 0 Å². The lowest BCUT2D eigenvalue weighted by atomic mass is 10.0. The highest BCUT2D eigenvalue weighted by Crippen LogP contribution is 2.18. The lowest BCUT2D eigenvalue weighted by molar-refractivity contribution is 0.306. The quantitative estimate of drug-likeness (QED) is 0.594. The van der Waals surface area contributed by atoms with Gasteiger partial charge in [-0.15, -0.1) is 0 Å². The standard InChI is InChI=1S/C10H15N3/c1-7-9-4-5-13(3)6-10(9)12-8(2)11-7/h4-6H2,1-3H3. The minimum atomic E-state index is 0.895. The molecular weight excluding hydrogens is 162 g/mol. The SMILES string of the molecule is Cc1nc(C)c2c(n1)CN(C)CC2. The van der Waals surface area contributed by atoms with Crippen molar-refractivity contribution in [2.24, 2.45) is 0 Å². The lowest BCUT2D eigenvalue weighted by Crippen LogP contribution is -2.28. The molecular formula is C10H15N3. The van der Waals surface area contributed by atoms with Gasteiger partial charge in [-0.25, -0.2) is 9.97 Å². The molecule has 3 heteroatoms. The Kier molecular flexibility index (Phi) is 2.04. The molecule has 1 aliphatic heterocycles. The van der Waals surface area contributed by atoms with Crippen LogP contribution in [0.25, 0.3) is 0 Å². The van der Waals surface area contributed by atoms with Crippen LogP contribution in [-0.2, 0) is 13.0 Å². The second kappa shape index (κ2) is 3.07. The van der Waals surface area contributed by atoms with Crippen LogP contribution >= 0.6 is 0 Å². The third-order valence-corrected chi connectivity index (χ3v) is 2.57. The molecule has 2 heterocycles. The van der Waals surface area contributed by atoms with Gasteiger partial charge < -0.3 is 4.90 Å². The third-order valence-electron chi connectivity index (χ3n) is 2.57. The summed E-state index contributed by atoms with van der Waals surface area (Å²) >= 11 is 0. The van der Waals surface area contributed by atoms with E-state index in [1.807, 2.05) is 6.92 Å². The first-order chi connectivity index (χ1) is 6.16. The molecule has 70 valence electrons. The molecule has 0 bridgehead atoms. The molecule has 0 aliphatic carbocycles. The molecule has 1 aliphatic rings. The normalized spacial score (nSPS) is 17.2. The molecule has 0 fully saturated rings. The van der Waals surface area contributed by atoms with Gasteiger partial charge >= 0.3 is 0 Å². The van der Waals surface area contributed by atoms with Gasteiger partial charge in [0.1, 0.15) is 5.82 Å². The van der Waals surface area contributed by atoms with Crippen molar-refractivity contribution in [2.75, 3.05) is 13.6 Å². The van der Waals surface area contributed by atoms with E-state index in [4.69, 9.17) is 0 Å². The minimum Gasteiger partial charge on any atom is -0.300 e. The highest BCUT2D eigenvalue weighted by molar-refractivity contribution is 5.27. The van der Waals surface area contributed by atoms with Gasteiger partial charge in [-0.3, -0.25) is 0 Å². The molecule has 2 rings (SSSR count). The summed E-state index contributed by atoms with van der Waals surface area (Å²) in [7, 11) is 2.13. The smallest absolute Gasteiger partial charge is 0.125 e. The van der Waals surface area contributed by atoms with Gasteiger partial charge in [-0.2, -0.15) is 0 Å². The van der Waals surface area contributed by atoms with E-state index in [-0.39, 0.29) is 0 Å². The summed E-state index contributed by atoms with van der Waals surface area (Å²) in [5.74, 6) is 0.895. The second-order valence-corrected chi connectivity index (χ2v) is 3.77. The van der Waals surface area contributed by atoms with Gasteiger partial charge in [0, 0.05) is 18.8 Å². The molecule has 1 aromatic heterocycles. The zero-order valence-electron chi connectivity index (χ0n) is 8.46. The van der Waals surface area contributed by atoms with E-state index in [2.05, 4.69) is 28.8 Å². The maximum Gasteiger partial charge on any atom is 0.125 e. The zero-order chi connectivity index (χ0) is 9.42. The molecule has 0 radical (unpaired) electrons. The second-order valence-electron chi connectivity index (χ2n) is 3.77. The van der Waals surface area contributed by atoms with Crippen LogP contribution in [0.2, 0.25) is 0 Å². The molecule has 0 saturated carbocycles. The van der Waals surface area contributed by atoms with E-state index < -0.39 is 0 Å². The van der Waals surface area contributed by atoms with E-state index >= 15 is 0 Å². The first kappa shape index (κ1) is 8.63. The van der Waals surface area contributed by atoms with Crippen molar-refractivity contribution in [3.05, 3.63) is 22.8 Å². The van der Waals surface area contributed by atoms with E-state index in [9.17, 15) is 0 Å². The monoisotopic (exact) mass is 177 g/mol. The Balaban J connectivity index is 2.47. The first-order valence-electron chi connectivity index (χ1n) is 4.68. The van der Waals surface area contributed by atoms with Crippen LogP contribution in [0.15, 0.2) is 0 Å². The molecule has 1 aromatic rings. The molecule has 3 nitrogen and oxygen atoms in total. The van der Waals surface area contributed by atoms with Crippen LogP contribution in [0.3, 0.4) is 0 Å². The number of rotatable bonds is 0. The van der Waals surface area contributed by atoms with E-state index in [0.29, 0.717) is 0 Å². The molecule has 0 atom stereocenters. The van der Waals surface area contributed by atoms with Crippen LogP contribution in [0, 0.1) is 13.8 Å². The summed E-state index contributed by atoms with van der Waals surface area (Å²) in [6.45, 7) is 6.14. The summed E-state index contributed by atoms with van der Waals surface area (Å²) in [4.78, 5) is 11.2. The maximum absolute atomic E-state index is 4.47. The fourth-order valence-corrected chi connectivity index (χ4v) is 1.90. The molecule has 0 saturated heterocycles. The van der Waals surface area contributed by atoms with Crippen LogP contribution in [0.5, 0.6) is 0 Å². The van der Waals surface area contributed by atoms with Crippen molar-refractivity contribution in [1.29, 1.82) is 0 Å². The molecule has 0 spiro atoms. The molecule has 13 heavy (non-hydrogen) atoms. The van der Waals surface area contributed by atoms with Gasteiger partial charge in [-0.1, -0.05) is 0 Å². The van der Waals surface area contributed by atoms with Crippen molar-refractivity contribution < 1.29 is 0 Å². The number of aromatic nitrogens is 2. The number of aryl methyl sites for hydroxylation is 2. The Morgan fingerprint density at radius 3 is 2.77 bits per heavy atom. The summed E-state index contributed by atoms with van der Waals surface area (Å²) in [5.41, 5.74) is 3.75. The average molecular weight is 177 g/mol. The molecule has 0 amide bonds. The van der Waals surface area contributed by atoms with Crippen molar-refractivity contribution in [1.82, 2.24) is 14.9 Å². The molecule has 0 N–H and O–H groups in total. The summed E-state index contributed by atoms with van der Waals surface area (Å²) in [5, 5.41) is 0. The highest BCUT2D eigenvalue weighted by Gasteiger charge is 2.17. The third kappa shape index (κ3) is 1.56. The van der Waals surface area contributed by atoms with Crippen LogP contribution in [0.1, 0.15) is 22.8 Å². The predicted octanol–water partition coefficient (Wildman–Crippen LogP) is 1.08. The highest BCUT2D eigenvalue weighted by atomic mass is 15.1. The Hall–Kier alpha value is -0.960. The number of fused-ring (bicyclic) bond motifs is 1. The van der Waals surface area contributed by atoms with Gasteiger partial charge in [0.05, 0.1) is 5.69 Å². The van der Waals surface area contributed by atoms with Gasteiger partial charge in [0.15, 0.2) is 0 Å². The van der Waals surface area contributed by atoms with E-state index in [1.54, 1.807) is 0 Å². The number of hydrogen-bond donors (Lipinski definition) is 0. The summed E-state index contributed by atoms with van der Waals surface area (Å²) in [6.07, 6.45) is 1.10. The van der Waals surface area contributed by atoms with Crippen LogP contribution in [-0.4, -0.2) is 28.5 Å². The molecule has 0 aromatic carbocycles. The average Bonchev–Trinajstić information content (AvgIpc) is 2.02. The van der Waals surface area contributed by atoms with Crippen molar-refractivity contribution in [3.8, 4) is 0 Å². The molecule has 0 unspecified atom stereocenters. The summed E-state index contributed by atoms with van der Waals surface area (Å²) < 4.78 is 0. The van der Waals surface area contributed by atoms with E-state index in [1.165, 1.54) is 11.3 Å². The predicted molar refractivity (Wildman–Crippen MR) is 51.5 cm³/mol. The maximum atomic E-state index is 4.47. The largest absolute Gasteiger partial charge is 0.300 e. The topological polar surface area (TPSA) is 29.0 Å². The Bertz CT molecular complexity index is 333. The zero-order valence-corrected chi connectivity index (χ0v) is 8.46. The lowest BCUT2D eigenvalue weighted by Gasteiger charge is -2.24. The Morgan fingerprint density at radius 2 is 2.00 bits per heavy atom. The minimum absolute atomic E-state index is 0.895. The first-order valence-corrected chi connectivity index (χ1v) is 4.68. The fraction of sp³-hybridized carbons (Fsp3) is 0.600. The van der Waals surface area contributed by atoms with Crippen LogP contribution < -0.4 is 0 Å². The summed E-state index contributed by atoms with van der Waals surface area (Å²) in [6, 6.07) is 0. The Labute approximate surface area is 78.8 Å². The van der Waals surface area contributed by atoms with Crippen LogP contribution in [0.4, 0.5) is 0 Å². The van der Waals surface area contributed by atoms with Crippen molar-refractivity contribution in [2.45, 2.75) is 26.8 Å². The number of nitrogens with zero attached hydrogens (tertiary/aromatic N) is 3. The Morgan fingerprint density at radius 1 is 1.23 bits per heavy atom. The van der Waals surface area contributed by atoms with Gasteiger partial charge in [0.25, 0.3) is 0 Å². The number of likely N-dealkylation sites (N-methyl/N-ethyl adjacent to an activating group) is 1.